The normalized spacial score (nSPS) is 21.1. The largest absolute Gasteiger partial charge is 0.508 e. The first kappa shape index (κ1) is 41.3. The summed E-state index contributed by atoms with van der Waals surface area (Å²) < 4.78 is 18.6. The molecule has 2 fully saturated rings. The quantitative estimate of drug-likeness (QED) is 0.0907. The number of alkyl carbamates (subject to hydrolysis) is 1. The van der Waals surface area contributed by atoms with Gasteiger partial charge in [-0.25, -0.2) is 4.79 Å². The topological polar surface area (TPSA) is 158 Å². The number of likely N-dealkylation sites (tertiary alicyclic amines) is 1. The summed E-state index contributed by atoms with van der Waals surface area (Å²) in [5.74, 6) is -0.828. The molecule has 1 unspecified atom stereocenters. The minimum absolute atomic E-state index is 0.0489. The van der Waals surface area contributed by atoms with Crippen LogP contribution in [0.3, 0.4) is 0 Å². The number of aliphatic hydroxyl groups is 2. The van der Waals surface area contributed by atoms with Crippen LogP contribution in [0.25, 0.3) is 11.1 Å². The first-order chi connectivity index (χ1) is 28.5. The standard InChI is InChI=1S/C47H49N3O9/c1-30-42(27-49(2)26-41(53)38-12-7-13-39(52)23-38)58-46(59-44(30)35-16-14-31(28-51)15-17-35)36-20-18-34(19-21-36)37-11-6-10-33(22-37)25-50-43(54)24-40(45(50)55)48-47(56)57-29-32-8-4-3-5-9-32/h3-23,30,40-42,44,46,51-53H,24-29H2,1-2H3,(H,48,56)/t30-,40?,41+,42+,44+,46+/m0/s1. The van der Waals surface area contributed by atoms with Gasteiger partial charge in [-0.15, -0.1) is 0 Å². The number of benzene rings is 5. The molecule has 4 N–H and O–H groups in total. The van der Waals surface area contributed by atoms with Crippen molar-refractivity contribution >= 4 is 17.9 Å². The van der Waals surface area contributed by atoms with Crippen LogP contribution >= 0.6 is 0 Å². The third kappa shape index (κ3) is 10.2. The lowest BCUT2D eigenvalue weighted by Gasteiger charge is -2.42. The fraction of sp³-hybridized carbons (Fsp3) is 0.298. The molecular formula is C47H49N3O9. The van der Waals surface area contributed by atoms with Gasteiger partial charge in [-0.1, -0.05) is 116 Å². The number of aliphatic hydroxyl groups excluding tert-OH is 2. The monoisotopic (exact) mass is 799 g/mol. The van der Waals surface area contributed by atoms with Crippen LogP contribution in [-0.4, -0.2) is 75.3 Å². The van der Waals surface area contributed by atoms with Crippen LogP contribution < -0.4 is 5.32 Å². The molecule has 0 spiro atoms. The van der Waals surface area contributed by atoms with Gasteiger partial charge in [0, 0.05) is 24.6 Å². The number of nitrogens with one attached hydrogen (secondary N) is 1. The van der Waals surface area contributed by atoms with E-state index in [1.54, 1.807) is 24.3 Å². The van der Waals surface area contributed by atoms with Crippen molar-refractivity contribution in [1.82, 2.24) is 15.1 Å². The highest BCUT2D eigenvalue weighted by atomic mass is 16.7. The van der Waals surface area contributed by atoms with Gasteiger partial charge < -0.3 is 39.7 Å². The highest BCUT2D eigenvalue weighted by molar-refractivity contribution is 6.06. The number of amides is 3. The van der Waals surface area contributed by atoms with E-state index in [0.29, 0.717) is 18.7 Å². The van der Waals surface area contributed by atoms with Crippen LogP contribution in [-0.2, 0) is 43.6 Å². The molecule has 5 aromatic rings. The minimum Gasteiger partial charge on any atom is -0.508 e. The second-order valence-electron chi connectivity index (χ2n) is 15.3. The molecule has 12 heteroatoms. The van der Waals surface area contributed by atoms with E-state index in [-0.39, 0.29) is 56.0 Å². The molecule has 3 amide bonds. The number of carbonyl (C=O) groups is 3. The molecule has 5 aromatic carbocycles. The third-order valence-electron chi connectivity index (χ3n) is 10.9. The van der Waals surface area contributed by atoms with Gasteiger partial charge >= 0.3 is 6.09 Å². The van der Waals surface area contributed by atoms with E-state index < -0.39 is 30.4 Å². The van der Waals surface area contributed by atoms with Crippen LogP contribution in [0.5, 0.6) is 5.75 Å². The predicted molar refractivity (Wildman–Crippen MR) is 219 cm³/mol. The molecule has 2 saturated heterocycles. The highest BCUT2D eigenvalue weighted by Gasteiger charge is 2.40. The zero-order valence-corrected chi connectivity index (χ0v) is 33.0. The first-order valence-electron chi connectivity index (χ1n) is 19.7. The van der Waals surface area contributed by atoms with Crippen molar-refractivity contribution < 1.29 is 43.9 Å². The number of carbonyl (C=O) groups excluding carboxylic acids is 3. The average Bonchev–Trinajstić information content (AvgIpc) is 3.51. The van der Waals surface area contributed by atoms with Crippen LogP contribution in [0.2, 0.25) is 0 Å². The average molecular weight is 800 g/mol. The number of aromatic hydroxyl groups is 1. The molecule has 0 aromatic heterocycles. The summed E-state index contributed by atoms with van der Waals surface area (Å²) in [6, 6.07) is 38.0. The lowest BCUT2D eigenvalue weighted by Crippen LogP contribution is -2.44. The number of phenolic OH excluding ortho intramolecular Hbond substituents is 1. The highest BCUT2D eigenvalue weighted by Crippen LogP contribution is 2.42. The molecule has 0 bridgehead atoms. The molecule has 0 aliphatic carbocycles. The summed E-state index contributed by atoms with van der Waals surface area (Å²) >= 11 is 0. The molecule has 59 heavy (non-hydrogen) atoms. The third-order valence-corrected chi connectivity index (χ3v) is 10.9. The van der Waals surface area contributed by atoms with Crippen LogP contribution in [0.1, 0.15) is 65.2 Å². The summed E-state index contributed by atoms with van der Waals surface area (Å²) in [4.78, 5) is 41.7. The smallest absolute Gasteiger partial charge is 0.408 e. The van der Waals surface area contributed by atoms with E-state index in [2.05, 4.69) is 12.2 Å². The second-order valence-corrected chi connectivity index (χ2v) is 15.3. The van der Waals surface area contributed by atoms with Crippen molar-refractivity contribution in [3.05, 3.63) is 161 Å². The molecule has 2 aliphatic heterocycles. The summed E-state index contributed by atoms with van der Waals surface area (Å²) in [6.45, 7) is 2.97. The molecule has 2 aliphatic rings. The van der Waals surface area contributed by atoms with E-state index in [1.165, 1.54) is 0 Å². The van der Waals surface area contributed by atoms with Gasteiger partial charge in [0.25, 0.3) is 5.91 Å². The van der Waals surface area contributed by atoms with Gasteiger partial charge in [0.05, 0.1) is 37.9 Å². The number of phenols is 1. The summed E-state index contributed by atoms with van der Waals surface area (Å²) in [5, 5.41) is 33.0. The Kier molecular flexibility index (Phi) is 13.1. The van der Waals surface area contributed by atoms with E-state index >= 15 is 0 Å². The molecule has 0 radical (unpaired) electrons. The fourth-order valence-electron chi connectivity index (χ4n) is 7.58. The Labute approximate surface area is 343 Å². The molecule has 6 atom stereocenters. The second kappa shape index (κ2) is 18.8. The minimum atomic E-state index is -0.996. The van der Waals surface area contributed by atoms with Crippen LogP contribution in [0, 0.1) is 5.92 Å². The Morgan fingerprint density at radius 2 is 1.56 bits per heavy atom. The van der Waals surface area contributed by atoms with E-state index in [4.69, 9.17) is 14.2 Å². The van der Waals surface area contributed by atoms with Gasteiger partial charge in [0.15, 0.2) is 6.29 Å². The van der Waals surface area contributed by atoms with Gasteiger partial charge in [-0.05, 0) is 64.2 Å². The van der Waals surface area contributed by atoms with Crippen LogP contribution in [0.4, 0.5) is 4.79 Å². The van der Waals surface area contributed by atoms with Crippen molar-refractivity contribution in [2.24, 2.45) is 5.92 Å². The van der Waals surface area contributed by atoms with Crippen molar-refractivity contribution in [2.45, 2.75) is 63.7 Å². The van der Waals surface area contributed by atoms with E-state index in [0.717, 1.165) is 43.8 Å². The number of hydrogen-bond donors (Lipinski definition) is 4. The van der Waals surface area contributed by atoms with Crippen molar-refractivity contribution in [3.63, 3.8) is 0 Å². The molecule has 7 rings (SSSR count). The van der Waals surface area contributed by atoms with Crippen molar-refractivity contribution in [2.75, 3.05) is 20.1 Å². The molecule has 306 valence electrons. The number of imide groups is 1. The number of nitrogens with zero attached hydrogens (tertiary/aromatic N) is 2. The van der Waals surface area contributed by atoms with E-state index in [1.807, 2.05) is 115 Å². The summed E-state index contributed by atoms with van der Waals surface area (Å²) in [7, 11) is 1.93. The number of hydrogen-bond acceptors (Lipinski definition) is 10. The van der Waals surface area contributed by atoms with Crippen LogP contribution in [0.15, 0.2) is 127 Å². The summed E-state index contributed by atoms with van der Waals surface area (Å²) in [5.41, 5.74) is 6.57. The SMILES string of the molecule is C[C@H]1[C@@H](CN(C)C[C@@H](O)c2cccc(O)c2)O[C@@H](c2ccc(-c3cccc(CN4C(=O)CC(NC(=O)OCc5ccccc5)C4=O)c3)cc2)O[C@H]1c1ccc(CO)cc1. The zero-order valence-electron chi connectivity index (χ0n) is 33.0. The maximum absolute atomic E-state index is 13.2. The number of likely N-dealkylation sites (N-methyl/N-ethyl adjacent to an activating group) is 1. The Morgan fingerprint density at radius 1 is 0.847 bits per heavy atom. The van der Waals surface area contributed by atoms with Gasteiger partial charge in [-0.2, -0.15) is 0 Å². The molecule has 2 heterocycles. The predicted octanol–water partition coefficient (Wildman–Crippen LogP) is 6.56. The number of ether oxygens (including phenoxy) is 3. The fourth-order valence-corrected chi connectivity index (χ4v) is 7.58. The molecule has 0 saturated carbocycles. The lowest BCUT2D eigenvalue weighted by molar-refractivity contribution is -0.276. The van der Waals surface area contributed by atoms with Gasteiger partial charge in [-0.3, -0.25) is 14.5 Å². The van der Waals surface area contributed by atoms with Gasteiger partial charge in [0.2, 0.25) is 5.91 Å². The van der Waals surface area contributed by atoms with Gasteiger partial charge in [0.1, 0.15) is 18.4 Å². The molecule has 12 nitrogen and oxygen atoms in total. The lowest BCUT2D eigenvalue weighted by atomic mass is 9.90. The Hall–Kier alpha value is -5.89. The zero-order chi connectivity index (χ0) is 41.5. The maximum Gasteiger partial charge on any atom is 0.408 e. The van der Waals surface area contributed by atoms with Crippen molar-refractivity contribution in [3.8, 4) is 16.9 Å². The molecular weight excluding hydrogens is 751 g/mol. The first-order valence-corrected chi connectivity index (χ1v) is 19.7. The number of rotatable bonds is 14. The Bertz CT molecular complexity index is 2220. The summed E-state index contributed by atoms with van der Waals surface area (Å²) in [6.07, 6.45) is -3.01. The Balaban J connectivity index is 1.02. The van der Waals surface area contributed by atoms with Crippen molar-refractivity contribution in [1.29, 1.82) is 0 Å². The van der Waals surface area contributed by atoms with E-state index in [9.17, 15) is 29.7 Å². The maximum atomic E-state index is 13.2. The Morgan fingerprint density at radius 3 is 2.29 bits per heavy atom.